The highest BCUT2D eigenvalue weighted by Gasteiger charge is 2.49. The molecular weight excluding hydrogens is 270 g/mol. The number of hydrogen-bond acceptors (Lipinski definition) is 4. The van der Waals surface area contributed by atoms with E-state index in [-0.39, 0.29) is 5.60 Å². The zero-order valence-corrected chi connectivity index (χ0v) is 13.3. The average molecular weight is 297 g/mol. The van der Waals surface area contributed by atoms with Gasteiger partial charge in [0, 0.05) is 24.3 Å². The molecule has 4 saturated heterocycles. The smallest absolute Gasteiger partial charge is 0.0783 e. The Bertz CT molecular complexity index is 358. The third-order valence-corrected chi connectivity index (χ3v) is 7.28. The van der Waals surface area contributed by atoms with Crippen LogP contribution in [-0.2, 0) is 9.47 Å². The molecule has 4 aliphatic rings. The zero-order valence-electron chi connectivity index (χ0n) is 12.5. The molecule has 2 bridgehead atoms. The Labute approximate surface area is 126 Å². The maximum Gasteiger partial charge on any atom is 0.0783 e. The molecule has 0 aromatic rings. The minimum atomic E-state index is 0.209. The highest BCUT2D eigenvalue weighted by Crippen LogP contribution is 2.46. The maximum atomic E-state index is 6.20. The van der Waals surface area contributed by atoms with Crippen molar-refractivity contribution in [2.24, 2.45) is 11.8 Å². The summed E-state index contributed by atoms with van der Waals surface area (Å²) in [6, 6.07) is 0.636. The molecule has 0 aromatic carbocycles. The van der Waals surface area contributed by atoms with Crippen molar-refractivity contribution in [3.8, 4) is 0 Å². The lowest BCUT2D eigenvalue weighted by Gasteiger charge is -2.43. The van der Waals surface area contributed by atoms with E-state index in [1.54, 1.807) is 0 Å². The van der Waals surface area contributed by atoms with E-state index in [2.05, 4.69) is 24.1 Å². The Morgan fingerprint density at radius 3 is 2.90 bits per heavy atom. The molecule has 0 amide bonds. The average Bonchev–Trinajstić information content (AvgIpc) is 3.17. The van der Waals surface area contributed by atoms with Crippen LogP contribution in [0.25, 0.3) is 0 Å². The van der Waals surface area contributed by atoms with Crippen LogP contribution in [0.1, 0.15) is 38.5 Å². The minimum absolute atomic E-state index is 0.209. The number of fused-ring (bicyclic) bond motifs is 2. The summed E-state index contributed by atoms with van der Waals surface area (Å²) in [4.78, 5) is 0. The van der Waals surface area contributed by atoms with Crippen LogP contribution in [0, 0.1) is 11.8 Å². The van der Waals surface area contributed by atoms with Crippen LogP contribution in [0.5, 0.6) is 0 Å². The van der Waals surface area contributed by atoms with Gasteiger partial charge in [0.25, 0.3) is 0 Å². The second-order valence-corrected chi connectivity index (χ2v) is 8.28. The largest absolute Gasteiger partial charge is 0.375 e. The van der Waals surface area contributed by atoms with Gasteiger partial charge in [-0.15, -0.1) is 0 Å². The van der Waals surface area contributed by atoms with Crippen molar-refractivity contribution in [3.05, 3.63) is 0 Å². The van der Waals surface area contributed by atoms with Crippen LogP contribution < -0.4 is 5.32 Å². The molecule has 4 rings (SSSR count). The maximum absolute atomic E-state index is 6.20. The van der Waals surface area contributed by atoms with Crippen molar-refractivity contribution in [2.75, 3.05) is 25.2 Å². The lowest BCUT2D eigenvalue weighted by atomic mass is 9.73. The number of thioether (sulfide) groups is 1. The minimum Gasteiger partial charge on any atom is -0.375 e. The summed E-state index contributed by atoms with van der Waals surface area (Å²) in [5, 5.41) is 3.66. The first-order valence-corrected chi connectivity index (χ1v) is 9.50. The second-order valence-electron chi connectivity index (χ2n) is 7.17. The van der Waals surface area contributed by atoms with Crippen molar-refractivity contribution in [2.45, 2.75) is 62.4 Å². The van der Waals surface area contributed by atoms with Crippen molar-refractivity contribution in [1.29, 1.82) is 0 Å². The Morgan fingerprint density at radius 2 is 2.25 bits per heavy atom. The summed E-state index contributed by atoms with van der Waals surface area (Å²) in [7, 11) is 2.15. The highest BCUT2D eigenvalue weighted by molar-refractivity contribution is 7.99. The third kappa shape index (κ3) is 2.33. The fourth-order valence-corrected chi connectivity index (χ4v) is 6.47. The van der Waals surface area contributed by atoms with E-state index in [0.29, 0.717) is 18.2 Å². The third-order valence-electron chi connectivity index (χ3n) is 6.05. The first kappa shape index (κ1) is 13.9. The van der Waals surface area contributed by atoms with Gasteiger partial charge in [0.05, 0.1) is 17.8 Å². The van der Waals surface area contributed by atoms with Gasteiger partial charge in [-0.3, -0.25) is 0 Å². The van der Waals surface area contributed by atoms with Gasteiger partial charge in [-0.1, -0.05) is 0 Å². The number of nitrogens with one attached hydrogen (secondary N) is 1. The van der Waals surface area contributed by atoms with Crippen molar-refractivity contribution >= 4 is 11.8 Å². The molecular formula is C16H27NO2S. The molecule has 114 valence electrons. The lowest BCUT2D eigenvalue weighted by Crippen LogP contribution is -2.50. The molecule has 4 heteroatoms. The first-order chi connectivity index (χ1) is 9.80. The van der Waals surface area contributed by atoms with Crippen LogP contribution in [-0.4, -0.2) is 49.0 Å². The Hall–Kier alpha value is 0.230. The predicted octanol–water partition coefficient (Wildman–Crippen LogP) is 2.44. The molecule has 4 fully saturated rings. The van der Waals surface area contributed by atoms with Gasteiger partial charge in [-0.2, -0.15) is 11.8 Å². The first-order valence-electron chi connectivity index (χ1n) is 8.34. The topological polar surface area (TPSA) is 30.5 Å². The normalized spacial score (nSPS) is 49.0. The Balaban J connectivity index is 1.47. The quantitative estimate of drug-likeness (QED) is 0.867. The second kappa shape index (κ2) is 5.45. The van der Waals surface area contributed by atoms with Gasteiger partial charge in [-0.25, -0.2) is 0 Å². The van der Waals surface area contributed by atoms with Crippen LogP contribution in [0.3, 0.4) is 0 Å². The molecule has 4 aliphatic heterocycles. The number of hydrogen-bond donors (Lipinski definition) is 1. The van der Waals surface area contributed by atoms with Crippen LogP contribution in [0.15, 0.2) is 0 Å². The van der Waals surface area contributed by atoms with Crippen molar-refractivity contribution in [1.82, 2.24) is 5.32 Å². The van der Waals surface area contributed by atoms with Gasteiger partial charge in [-0.05, 0) is 57.2 Å². The Morgan fingerprint density at radius 1 is 1.30 bits per heavy atom. The van der Waals surface area contributed by atoms with E-state index in [9.17, 15) is 0 Å². The fraction of sp³-hybridized carbons (Fsp3) is 1.00. The van der Waals surface area contributed by atoms with E-state index in [1.165, 1.54) is 50.0 Å². The molecule has 0 aromatic heterocycles. The summed E-state index contributed by atoms with van der Waals surface area (Å²) in [5.41, 5.74) is 0.209. The molecule has 0 saturated carbocycles. The van der Waals surface area contributed by atoms with E-state index >= 15 is 0 Å². The standard InChI is InChI=1S/C16H27NO2S/c1-17-15(13-8-12-2-3-14(13)19-12)11-4-6-18-16(9-11)5-7-20-10-16/h11-15,17H,2-10H2,1H3. The highest BCUT2D eigenvalue weighted by atomic mass is 32.2. The molecule has 3 nitrogen and oxygen atoms in total. The van der Waals surface area contributed by atoms with Gasteiger partial charge in [0.1, 0.15) is 0 Å². The fourth-order valence-electron chi connectivity index (χ4n) is 5.09. The van der Waals surface area contributed by atoms with Crippen molar-refractivity contribution in [3.63, 3.8) is 0 Å². The van der Waals surface area contributed by atoms with E-state index in [0.717, 1.165) is 18.4 Å². The van der Waals surface area contributed by atoms with Crippen LogP contribution >= 0.6 is 11.8 Å². The summed E-state index contributed by atoms with van der Waals surface area (Å²) >= 11 is 2.08. The molecule has 1 spiro atoms. The van der Waals surface area contributed by atoms with Crippen molar-refractivity contribution < 1.29 is 9.47 Å². The summed E-state index contributed by atoms with van der Waals surface area (Å²) in [5.74, 6) is 4.02. The predicted molar refractivity (Wildman–Crippen MR) is 82.2 cm³/mol. The van der Waals surface area contributed by atoms with E-state index < -0.39 is 0 Å². The van der Waals surface area contributed by atoms with Gasteiger partial charge < -0.3 is 14.8 Å². The van der Waals surface area contributed by atoms with Crippen LogP contribution in [0.4, 0.5) is 0 Å². The summed E-state index contributed by atoms with van der Waals surface area (Å²) in [6.07, 6.45) is 8.73. The summed E-state index contributed by atoms with van der Waals surface area (Å²) in [6.45, 7) is 0.963. The van der Waals surface area contributed by atoms with Gasteiger partial charge in [0.15, 0.2) is 0 Å². The lowest BCUT2D eigenvalue weighted by molar-refractivity contribution is -0.0896. The molecule has 4 heterocycles. The number of ether oxygens (including phenoxy) is 2. The zero-order chi connectivity index (χ0) is 13.6. The molecule has 0 radical (unpaired) electrons. The molecule has 6 unspecified atom stereocenters. The monoisotopic (exact) mass is 297 g/mol. The molecule has 6 atom stereocenters. The van der Waals surface area contributed by atoms with Gasteiger partial charge >= 0.3 is 0 Å². The SMILES string of the molecule is CNC(C1CCOC2(CCSC2)C1)C1CC2CCC1O2. The van der Waals surface area contributed by atoms with Gasteiger partial charge in [0.2, 0.25) is 0 Å². The van der Waals surface area contributed by atoms with Crippen LogP contribution in [0.2, 0.25) is 0 Å². The van der Waals surface area contributed by atoms with E-state index in [1.807, 2.05) is 0 Å². The summed E-state index contributed by atoms with van der Waals surface area (Å²) < 4.78 is 12.3. The molecule has 20 heavy (non-hydrogen) atoms. The van der Waals surface area contributed by atoms with E-state index in [4.69, 9.17) is 9.47 Å². The molecule has 1 N–H and O–H groups in total. The molecule has 0 aliphatic carbocycles. The Kier molecular flexibility index (Phi) is 3.78. The number of rotatable bonds is 3.